The van der Waals surface area contributed by atoms with Crippen LogP contribution >= 0.6 is 11.6 Å². The number of rotatable bonds is 4. The van der Waals surface area contributed by atoms with Gasteiger partial charge < -0.3 is 4.90 Å². The molecule has 0 atom stereocenters. The lowest BCUT2D eigenvalue weighted by Gasteiger charge is -2.34. The number of carbonyl (C=O) groups excluding carboxylic acids is 1. The van der Waals surface area contributed by atoms with Crippen LogP contribution in [0.4, 0.5) is 0 Å². The van der Waals surface area contributed by atoms with Crippen molar-refractivity contribution in [2.24, 2.45) is 0 Å². The molecule has 0 unspecified atom stereocenters. The summed E-state index contributed by atoms with van der Waals surface area (Å²) in [4.78, 5) is 16.4. The van der Waals surface area contributed by atoms with Crippen molar-refractivity contribution in [2.75, 3.05) is 32.7 Å². The second-order valence-corrected chi connectivity index (χ2v) is 5.43. The molecule has 0 N–H and O–H groups in total. The Hall–Kier alpha value is -1.32. The molecule has 4 heteroatoms. The van der Waals surface area contributed by atoms with Gasteiger partial charge in [-0.05, 0) is 30.7 Å². The molecule has 20 heavy (non-hydrogen) atoms. The topological polar surface area (TPSA) is 23.6 Å². The predicted molar refractivity (Wildman–Crippen MR) is 83.8 cm³/mol. The summed E-state index contributed by atoms with van der Waals surface area (Å²) in [5.41, 5.74) is 0.882. The molecule has 3 nitrogen and oxygen atoms in total. The standard InChI is InChI=1S/C16H21ClN2O/c1-2-9-18-10-12-19(13-11-18)16(20)8-7-14-5-3-4-6-15(14)17/h3-8H,2,9-13H2,1H3. The van der Waals surface area contributed by atoms with Gasteiger partial charge in [0.15, 0.2) is 0 Å². The van der Waals surface area contributed by atoms with Crippen LogP contribution in [0.2, 0.25) is 5.02 Å². The third-order valence-electron chi connectivity index (χ3n) is 3.53. The summed E-state index contributed by atoms with van der Waals surface area (Å²) in [6, 6.07) is 7.54. The average molecular weight is 293 g/mol. The fraction of sp³-hybridized carbons (Fsp3) is 0.438. The van der Waals surface area contributed by atoms with Crippen LogP contribution in [0.25, 0.3) is 6.08 Å². The van der Waals surface area contributed by atoms with Gasteiger partial charge in [0.05, 0.1) is 0 Å². The molecule has 0 bridgehead atoms. The van der Waals surface area contributed by atoms with Crippen molar-refractivity contribution in [3.05, 3.63) is 40.9 Å². The van der Waals surface area contributed by atoms with E-state index in [1.165, 1.54) is 6.42 Å². The van der Waals surface area contributed by atoms with Gasteiger partial charge >= 0.3 is 0 Å². The first kappa shape index (κ1) is 15.1. The molecule has 0 spiro atoms. The van der Waals surface area contributed by atoms with Crippen molar-refractivity contribution in [3.8, 4) is 0 Å². The molecule has 108 valence electrons. The molecule has 0 aliphatic carbocycles. The Balaban J connectivity index is 1.88. The Bertz CT molecular complexity index is 479. The summed E-state index contributed by atoms with van der Waals surface area (Å²) in [6.07, 6.45) is 4.58. The minimum atomic E-state index is 0.0704. The first-order valence-electron chi connectivity index (χ1n) is 7.14. The quantitative estimate of drug-likeness (QED) is 0.797. The van der Waals surface area contributed by atoms with Gasteiger partial charge in [0.1, 0.15) is 0 Å². The second-order valence-electron chi connectivity index (χ2n) is 5.02. The van der Waals surface area contributed by atoms with Crippen molar-refractivity contribution < 1.29 is 4.79 Å². The molecule has 2 rings (SSSR count). The Morgan fingerprint density at radius 1 is 1.25 bits per heavy atom. The van der Waals surface area contributed by atoms with Crippen molar-refractivity contribution in [3.63, 3.8) is 0 Å². The molecule has 1 fully saturated rings. The van der Waals surface area contributed by atoms with E-state index in [0.29, 0.717) is 5.02 Å². The summed E-state index contributed by atoms with van der Waals surface area (Å²) < 4.78 is 0. The third kappa shape index (κ3) is 4.09. The first-order valence-corrected chi connectivity index (χ1v) is 7.52. The molecule has 1 aliphatic heterocycles. The molecular formula is C16H21ClN2O. The Labute approximate surface area is 125 Å². The van der Waals surface area contributed by atoms with Crippen LogP contribution in [0.15, 0.2) is 30.3 Å². The van der Waals surface area contributed by atoms with E-state index in [4.69, 9.17) is 11.6 Å². The zero-order chi connectivity index (χ0) is 14.4. The van der Waals surface area contributed by atoms with Crippen LogP contribution in [0.3, 0.4) is 0 Å². The van der Waals surface area contributed by atoms with Gasteiger partial charge in [-0.2, -0.15) is 0 Å². The van der Waals surface area contributed by atoms with E-state index in [9.17, 15) is 4.79 Å². The highest BCUT2D eigenvalue weighted by atomic mass is 35.5. The molecule has 0 saturated carbocycles. The van der Waals surface area contributed by atoms with Gasteiger partial charge in [0.2, 0.25) is 5.91 Å². The molecule has 0 aromatic heterocycles. The number of halogens is 1. The maximum atomic E-state index is 12.1. The first-order chi connectivity index (χ1) is 9.70. The molecule has 1 aromatic carbocycles. The second kappa shape index (κ2) is 7.46. The predicted octanol–water partition coefficient (Wildman–Crippen LogP) is 2.91. The SMILES string of the molecule is CCCN1CCN(C(=O)C=Cc2ccccc2Cl)CC1. The van der Waals surface area contributed by atoms with Crippen LogP contribution in [0, 0.1) is 0 Å². The van der Waals surface area contributed by atoms with Crippen molar-refractivity contribution in [2.45, 2.75) is 13.3 Å². The minimum absolute atomic E-state index is 0.0704. The van der Waals surface area contributed by atoms with E-state index in [1.54, 1.807) is 12.2 Å². The fourth-order valence-corrected chi connectivity index (χ4v) is 2.58. The lowest BCUT2D eigenvalue weighted by molar-refractivity contribution is -0.127. The van der Waals surface area contributed by atoms with Gasteiger partial charge in [0, 0.05) is 37.3 Å². The van der Waals surface area contributed by atoms with E-state index in [1.807, 2.05) is 29.2 Å². The number of hydrogen-bond acceptors (Lipinski definition) is 2. The molecule has 0 radical (unpaired) electrons. The van der Waals surface area contributed by atoms with Gasteiger partial charge in [-0.25, -0.2) is 0 Å². The largest absolute Gasteiger partial charge is 0.337 e. The number of piperazine rings is 1. The van der Waals surface area contributed by atoms with E-state index >= 15 is 0 Å². The normalized spacial score (nSPS) is 16.8. The summed E-state index contributed by atoms with van der Waals surface area (Å²) in [5.74, 6) is 0.0704. The fourth-order valence-electron chi connectivity index (χ4n) is 2.38. The van der Waals surface area contributed by atoms with Crippen LogP contribution in [-0.4, -0.2) is 48.4 Å². The average Bonchev–Trinajstić information content (AvgIpc) is 2.47. The lowest BCUT2D eigenvalue weighted by Crippen LogP contribution is -2.48. The molecule has 1 aliphatic rings. The van der Waals surface area contributed by atoms with Gasteiger partial charge in [-0.1, -0.05) is 36.7 Å². The Kier molecular flexibility index (Phi) is 5.62. The zero-order valence-electron chi connectivity index (χ0n) is 11.9. The zero-order valence-corrected chi connectivity index (χ0v) is 12.6. The molecule has 1 saturated heterocycles. The maximum Gasteiger partial charge on any atom is 0.246 e. The Morgan fingerprint density at radius 3 is 2.60 bits per heavy atom. The number of hydrogen-bond donors (Lipinski definition) is 0. The smallest absolute Gasteiger partial charge is 0.246 e. The van der Waals surface area contributed by atoms with Crippen molar-refractivity contribution in [1.29, 1.82) is 0 Å². The lowest BCUT2D eigenvalue weighted by atomic mass is 10.2. The van der Waals surface area contributed by atoms with E-state index in [2.05, 4.69) is 11.8 Å². The minimum Gasteiger partial charge on any atom is -0.337 e. The maximum absolute atomic E-state index is 12.1. The van der Waals surface area contributed by atoms with Crippen LogP contribution in [0.5, 0.6) is 0 Å². The van der Waals surface area contributed by atoms with Gasteiger partial charge in [-0.3, -0.25) is 9.69 Å². The highest BCUT2D eigenvalue weighted by molar-refractivity contribution is 6.32. The number of benzene rings is 1. The van der Waals surface area contributed by atoms with Crippen LogP contribution in [-0.2, 0) is 4.79 Å². The van der Waals surface area contributed by atoms with Crippen molar-refractivity contribution in [1.82, 2.24) is 9.80 Å². The summed E-state index contributed by atoms with van der Waals surface area (Å²) in [6.45, 7) is 6.87. The van der Waals surface area contributed by atoms with Gasteiger partial charge in [0.25, 0.3) is 0 Å². The highest BCUT2D eigenvalue weighted by Gasteiger charge is 2.18. The van der Waals surface area contributed by atoms with Gasteiger partial charge in [-0.15, -0.1) is 0 Å². The number of nitrogens with zero attached hydrogens (tertiary/aromatic N) is 2. The molecule has 1 amide bonds. The highest BCUT2D eigenvalue weighted by Crippen LogP contribution is 2.16. The van der Waals surface area contributed by atoms with E-state index in [-0.39, 0.29) is 5.91 Å². The molecular weight excluding hydrogens is 272 g/mol. The van der Waals surface area contributed by atoms with E-state index in [0.717, 1.165) is 38.3 Å². The summed E-state index contributed by atoms with van der Waals surface area (Å²) in [7, 11) is 0. The number of amides is 1. The third-order valence-corrected chi connectivity index (χ3v) is 3.88. The van der Waals surface area contributed by atoms with Crippen molar-refractivity contribution >= 4 is 23.6 Å². The number of carbonyl (C=O) groups is 1. The monoisotopic (exact) mass is 292 g/mol. The summed E-state index contributed by atoms with van der Waals surface area (Å²) in [5, 5.41) is 0.671. The molecule has 1 heterocycles. The van der Waals surface area contributed by atoms with Crippen LogP contribution in [0.1, 0.15) is 18.9 Å². The van der Waals surface area contributed by atoms with E-state index < -0.39 is 0 Å². The molecule has 1 aromatic rings. The van der Waals surface area contributed by atoms with Crippen LogP contribution < -0.4 is 0 Å². The summed E-state index contributed by atoms with van der Waals surface area (Å²) >= 11 is 6.06. The Morgan fingerprint density at radius 2 is 1.95 bits per heavy atom.